The topological polar surface area (TPSA) is 22.9 Å². The Labute approximate surface area is 557 Å². The van der Waals surface area contributed by atoms with E-state index in [0.717, 1.165) is 101 Å². The maximum Gasteiger partial charge on any atom is 0.144 e. The van der Waals surface area contributed by atoms with Gasteiger partial charge in [-0.3, -0.25) is 0 Å². The third-order valence-corrected chi connectivity index (χ3v) is 25.6. The molecule has 0 bridgehead atoms. The number of rotatable bonds is 14. The molecule has 2 aliphatic rings. The number of fused-ring (bicyclic) bond motifs is 14. The van der Waals surface area contributed by atoms with Gasteiger partial charge in [-0.15, -0.1) is 0 Å². The van der Waals surface area contributed by atoms with Crippen molar-refractivity contribution in [2.45, 2.75) is 57.8 Å². The highest BCUT2D eigenvalue weighted by molar-refractivity contribution is 6.89. The zero-order valence-corrected chi connectivity index (χ0v) is 57.8. The summed E-state index contributed by atoms with van der Waals surface area (Å²) in [4.78, 5) is 7.19. The average Bonchev–Trinajstić information content (AvgIpc) is 1.50. The van der Waals surface area contributed by atoms with Gasteiger partial charge in [-0.1, -0.05) is 244 Å². The van der Waals surface area contributed by atoms with Crippen molar-refractivity contribution in [2.75, 3.05) is 14.7 Å². The molecule has 1 aromatic heterocycles. The van der Waals surface area contributed by atoms with Crippen molar-refractivity contribution < 1.29 is 4.42 Å². The van der Waals surface area contributed by atoms with Gasteiger partial charge in [0.1, 0.15) is 11.2 Å². The molecule has 0 unspecified atom stereocenters. The standard InChI is InChI=1S/C87H75N3OSi3/c1-92(2)71-46-39-65(40-47-71)90(64-30-16-11-17-31-64)70-45-53-77-83(57-70)91-86-84(77)78(61-25-23-33-69(55-61)89(63-28-14-10-15-29-63)67-43-50-73(51-44-67)94(6,7)8)58-82-85(86)76-52-38-60(56-81(76)87(82)79-36-20-18-34-74(79)75-35-19-21-37-80(75)87)59-24-22-32-68(54-59)88(62-26-12-9-13-27-62)66-41-48-72(49-42-66)93(3,4)5/h9-58,92H,1-8H3. The summed E-state index contributed by atoms with van der Waals surface area (Å²) >= 11 is 0. The second-order valence-corrected chi connectivity index (χ2v) is 41.0. The Hall–Kier alpha value is -10.3. The molecule has 7 heteroatoms. The van der Waals surface area contributed by atoms with Crippen molar-refractivity contribution >= 4 is 114 Å². The lowest BCUT2D eigenvalue weighted by molar-refractivity contribution is 0.669. The fourth-order valence-corrected chi connectivity index (χ4v) is 18.3. The van der Waals surface area contributed by atoms with Gasteiger partial charge in [-0.25, -0.2) is 0 Å². The number of para-hydroxylation sites is 3. The zero-order valence-electron chi connectivity index (χ0n) is 54.7. The van der Waals surface area contributed by atoms with Crippen molar-refractivity contribution in [3.63, 3.8) is 0 Å². The Balaban J connectivity index is 0.948. The Morgan fingerprint density at radius 1 is 0.309 bits per heavy atom. The first-order valence-corrected chi connectivity index (χ1v) is 43.0. The van der Waals surface area contributed by atoms with Gasteiger partial charge >= 0.3 is 0 Å². The molecule has 94 heavy (non-hydrogen) atoms. The monoisotopic (exact) mass is 1260 g/mol. The van der Waals surface area contributed by atoms with E-state index < -0.39 is 30.4 Å². The van der Waals surface area contributed by atoms with Crippen LogP contribution in [0.2, 0.25) is 52.4 Å². The van der Waals surface area contributed by atoms with E-state index in [0.29, 0.717) is 0 Å². The van der Waals surface area contributed by atoms with Gasteiger partial charge in [-0.05, 0) is 183 Å². The average molecular weight is 1260 g/mol. The van der Waals surface area contributed by atoms with Gasteiger partial charge in [0, 0.05) is 73.6 Å². The van der Waals surface area contributed by atoms with E-state index in [1.54, 1.807) is 0 Å². The largest absolute Gasteiger partial charge is 0.455 e. The number of anilines is 9. The third kappa shape index (κ3) is 9.91. The van der Waals surface area contributed by atoms with Gasteiger partial charge in [-0.2, -0.15) is 0 Å². The van der Waals surface area contributed by atoms with Crippen LogP contribution in [0.1, 0.15) is 22.3 Å². The molecule has 0 saturated heterocycles. The first kappa shape index (κ1) is 58.8. The van der Waals surface area contributed by atoms with Crippen LogP contribution in [-0.2, 0) is 5.41 Å². The molecule has 16 rings (SSSR count). The molecular formula is C87H75N3OSi3. The molecule has 0 fully saturated rings. The Kier molecular flexibility index (Phi) is 14.4. The van der Waals surface area contributed by atoms with Crippen molar-refractivity contribution in [3.8, 4) is 44.5 Å². The number of hydrogen-bond donors (Lipinski definition) is 0. The smallest absolute Gasteiger partial charge is 0.144 e. The summed E-state index contributed by atoms with van der Waals surface area (Å²) in [6.07, 6.45) is 0. The second kappa shape index (κ2) is 23.1. The van der Waals surface area contributed by atoms with E-state index in [-0.39, 0.29) is 0 Å². The number of nitrogens with zero attached hydrogens (tertiary/aromatic N) is 3. The van der Waals surface area contributed by atoms with Crippen molar-refractivity contribution in [3.05, 3.63) is 326 Å². The van der Waals surface area contributed by atoms with Gasteiger partial charge in [0.25, 0.3) is 0 Å². The van der Waals surface area contributed by atoms with Gasteiger partial charge in [0.05, 0.1) is 30.4 Å². The van der Waals surface area contributed by atoms with E-state index in [4.69, 9.17) is 4.42 Å². The minimum absolute atomic E-state index is 0.715. The summed E-state index contributed by atoms with van der Waals surface area (Å²) in [5, 5.41) is 6.49. The number of furan rings is 1. The molecule has 0 atom stereocenters. The van der Waals surface area contributed by atoms with E-state index >= 15 is 0 Å². The molecule has 2 aliphatic carbocycles. The molecule has 0 aliphatic heterocycles. The van der Waals surface area contributed by atoms with Crippen molar-refractivity contribution in [1.29, 1.82) is 0 Å². The van der Waals surface area contributed by atoms with Crippen molar-refractivity contribution in [2.24, 2.45) is 0 Å². The summed E-state index contributed by atoms with van der Waals surface area (Å²) < 4.78 is 7.80. The third-order valence-electron chi connectivity index (χ3n) is 19.7. The quantitative estimate of drug-likeness (QED) is 0.101. The normalized spacial score (nSPS) is 12.9. The number of hydrogen-bond acceptors (Lipinski definition) is 4. The van der Waals surface area contributed by atoms with Crippen molar-refractivity contribution in [1.82, 2.24) is 0 Å². The van der Waals surface area contributed by atoms with Gasteiger partial charge in [0.15, 0.2) is 0 Å². The molecule has 456 valence electrons. The summed E-state index contributed by atoms with van der Waals surface area (Å²) in [5.41, 5.74) is 25.2. The van der Waals surface area contributed by atoms with Crippen LogP contribution in [-0.4, -0.2) is 24.9 Å². The Morgan fingerprint density at radius 3 is 1.22 bits per heavy atom. The first-order chi connectivity index (χ1) is 45.7. The second-order valence-electron chi connectivity index (χ2n) is 27.9. The molecule has 14 aromatic rings. The predicted molar refractivity (Wildman–Crippen MR) is 409 cm³/mol. The van der Waals surface area contributed by atoms with Crippen LogP contribution in [0.15, 0.2) is 308 Å². The minimum atomic E-state index is -1.57. The summed E-state index contributed by atoms with van der Waals surface area (Å²) in [6, 6.07) is 114. The Morgan fingerprint density at radius 2 is 0.723 bits per heavy atom. The minimum Gasteiger partial charge on any atom is -0.455 e. The summed E-state index contributed by atoms with van der Waals surface area (Å²) in [7, 11) is -4.13. The summed E-state index contributed by atoms with van der Waals surface area (Å²) in [5.74, 6) is 0. The van der Waals surface area contributed by atoms with E-state index in [2.05, 4.69) is 370 Å². The molecule has 1 spiro atoms. The fourth-order valence-electron chi connectivity index (χ4n) is 15.0. The van der Waals surface area contributed by atoms with E-state index in [9.17, 15) is 0 Å². The van der Waals surface area contributed by atoms with Crippen LogP contribution in [0.5, 0.6) is 0 Å². The lowest BCUT2D eigenvalue weighted by atomic mass is 9.69. The molecular weight excluding hydrogens is 1190 g/mol. The summed E-state index contributed by atoms with van der Waals surface area (Å²) in [6.45, 7) is 19.3. The maximum absolute atomic E-state index is 7.80. The van der Waals surface area contributed by atoms with Crippen LogP contribution in [0.25, 0.3) is 66.4 Å². The highest BCUT2D eigenvalue weighted by Crippen LogP contribution is 2.65. The SMILES string of the molecule is C[SiH](C)c1ccc(N(c2ccccc2)c2ccc3c(c2)oc2c4c(cc(-c5cccc(N(c6ccccc6)c6ccc([Si](C)(C)C)cc6)c5)c23)C2(c3ccccc3-c3ccccc32)c2cc(-c3cccc(N(c5ccccc5)c5ccc([Si](C)(C)C)cc5)c3)ccc2-4)cc1. The molecule has 0 saturated carbocycles. The predicted octanol–water partition coefficient (Wildman–Crippen LogP) is 22.5. The van der Waals surface area contributed by atoms with Crippen LogP contribution >= 0.6 is 0 Å². The number of benzene rings is 13. The maximum atomic E-state index is 7.80. The first-order valence-electron chi connectivity index (χ1n) is 33.2. The molecule has 0 radical (unpaired) electrons. The highest BCUT2D eigenvalue weighted by atomic mass is 28.3. The molecule has 4 nitrogen and oxygen atoms in total. The highest BCUT2D eigenvalue weighted by Gasteiger charge is 2.53. The van der Waals surface area contributed by atoms with Crippen LogP contribution in [0.4, 0.5) is 51.2 Å². The molecule has 1 heterocycles. The molecule has 13 aromatic carbocycles. The fraction of sp³-hybridized carbons (Fsp3) is 0.103. The molecule has 0 amide bonds. The lowest BCUT2D eigenvalue weighted by Crippen LogP contribution is -2.37. The molecule has 0 N–H and O–H groups in total. The van der Waals surface area contributed by atoms with Crippen LogP contribution in [0.3, 0.4) is 0 Å². The zero-order chi connectivity index (χ0) is 64.0. The lowest BCUT2D eigenvalue weighted by Gasteiger charge is -2.31. The Bertz CT molecular complexity index is 5140. The van der Waals surface area contributed by atoms with Crippen LogP contribution in [0, 0.1) is 0 Å². The van der Waals surface area contributed by atoms with E-state index in [1.807, 2.05) is 0 Å². The van der Waals surface area contributed by atoms with Gasteiger partial charge in [0.2, 0.25) is 0 Å². The van der Waals surface area contributed by atoms with Crippen LogP contribution < -0.4 is 30.3 Å². The van der Waals surface area contributed by atoms with E-state index in [1.165, 1.54) is 54.5 Å². The van der Waals surface area contributed by atoms with Gasteiger partial charge < -0.3 is 19.1 Å².